The van der Waals surface area contributed by atoms with Crippen molar-refractivity contribution in [2.45, 2.75) is 6.42 Å². The summed E-state index contributed by atoms with van der Waals surface area (Å²) in [6, 6.07) is 5.81. The molecule has 2 aromatic rings. The zero-order valence-electron chi connectivity index (χ0n) is 8.68. The van der Waals surface area contributed by atoms with E-state index < -0.39 is 5.97 Å². The lowest BCUT2D eigenvalue weighted by molar-refractivity contribution is -0.136. The van der Waals surface area contributed by atoms with Gasteiger partial charge in [0.05, 0.1) is 12.1 Å². The zero-order valence-corrected chi connectivity index (χ0v) is 8.68. The lowest BCUT2D eigenvalue weighted by atomic mass is 10.3. The van der Waals surface area contributed by atoms with Gasteiger partial charge in [-0.2, -0.15) is 4.98 Å². The van der Waals surface area contributed by atoms with Crippen LogP contribution in [0.15, 0.2) is 34.9 Å². The van der Waals surface area contributed by atoms with E-state index in [1.54, 1.807) is 0 Å². The van der Waals surface area contributed by atoms with Crippen molar-refractivity contribution in [1.82, 2.24) is 4.98 Å². The predicted octanol–water partition coefficient (Wildman–Crippen LogP) is 2.18. The first kappa shape index (κ1) is 11.1. The summed E-state index contributed by atoms with van der Waals surface area (Å²) in [5, 5.41) is 11.3. The van der Waals surface area contributed by atoms with Gasteiger partial charge in [0.15, 0.2) is 0 Å². The number of anilines is 2. The number of oxazole rings is 1. The third-order valence-corrected chi connectivity index (χ3v) is 1.98. The van der Waals surface area contributed by atoms with Gasteiger partial charge < -0.3 is 14.8 Å². The molecule has 1 heterocycles. The van der Waals surface area contributed by atoms with Crippen LogP contribution in [-0.4, -0.2) is 16.1 Å². The van der Waals surface area contributed by atoms with Crippen LogP contribution in [0.5, 0.6) is 0 Å². The third kappa shape index (κ3) is 3.04. The molecule has 0 aliphatic heterocycles. The van der Waals surface area contributed by atoms with Crippen molar-refractivity contribution in [3.63, 3.8) is 0 Å². The van der Waals surface area contributed by atoms with Gasteiger partial charge in [-0.1, -0.05) is 0 Å². The van der Waals surface area contributed by atoms with Crippen LogP contribution in [0.2, 0.25) is 0 Å². The molecule has 0 fully saturated rings. The van der Waals surface area contributed by atoms with Gasteiger partial charge in [0.25, 0.3) is 6.01 Å². The summed E-state index contributed by atoms with van der Waals surface area (Å²) in [5.41, 5.74) is 0.928. The number of benzene rings is 1. The molecule has 0 amide bonds. The van der Waals surface area contributed by atoms with Crippen molar-refractivity contribution in [3.8, 4) is 0 Å². The molecule has 2 rings (SSSR count). The van der Waals surface area contributed by atoms with Gasteiger partial charge in [-0.15, -0.1) is 0 Å². The molecule has 0 spiro atoms. The molecular weight excluding hydrogens is 227 g/mol. The minimum Gasteiger partial charge on any atom is -0.481 e. The molecule has 0 aliphatic carbocycles. The number of carbonyl (C=O) groups is 1. The molecule has 0 saturated carbocycles. The normalized spacial score (nSPS) is 10.2. The van der Waals surface area contributed by atoms with Crippen molar-refractivity contribution in [1.29, 1.82) is 0 Å². The van der Waals surface area contributed by atoms with Crippen molar-refractivity contribution in [2.24, 2.45) is 0 Å². The van der Waals surface area contributed by atoms with Gasteiger partial charge in [-0.25, -0.2) is 4.39 Å². The Bertz CT molecular complexity index is 522. The Hall–Kier alpha value is -2.37. The Balaban J connectivity index is 2.06. The molecule has 17 heavy (non-hydrogen) atoms. The lowest BCUT2D eigenvalue weighted by Gasteiger charge is -1.99. The van der Waals surface area contributed by atoms with Gasteiger partial charge >= 0.3 is 5.97 Å². The fourth-order valence-electron chi connectivity index (χ4n) is 1.26. The second-order valence-corrected chi connectivity index (χ2v) is 3.35. The Morgan fingerprint density at radius 2 is 2.12 bits per heavy atom. The van der Waals surface area contributed by atoms with Crippen molar-refractivity contribution in [3.05, 3.63) is 42.0 Å². The quantitative estimate of drug-likeness (QED) is 0.850. The van der Waals surface area contributed by atoms with Gasteiger partial charge in [-0.3, -0.25) is 4.79 Å². The maximum absolute atomic E-state index is 12.6. The van der Waals surface area contributed by atoms with E-state index in [4.69, 9.17) is 9.52 Å². The van der Waals surface area contributed by atoms with Crippen LogP contribution in [0.25, 0.3) is 0 Å². The summed E-state index contributed by atoms with van der Waals surface area (Å²) >= 11 is 0. The average Bonchev–Trinajstić information content (AvgIpc) is 2.68. The highest BCUT2D eigenvalue weighted by molar-refractivity contribution is 5.69. The molecule has 88 valence electrons. The van der Waals surface area contributed by atoms with Gasteiger partial charge in [-0.05, 0) is 24.3 Å². The van der Waals surface area contributed by atoms with E-state index in [2.05, 4.69) is 10.3 Å². The van der Waals surface area contributed by atoms with E-state index in [0.29, 0.717) is 11.4 Å². The number of nitrogens with zero attached hydrogens (tertiary/aromatic N) is 1. The molecule has 0 aliphatic rings. The molecule has 1 aromatic carbocycles. The van der Waals surface area contributed by atoms with Crippen LogP contribution in [0.4, 0.5) is 16.1 Å². The first-order chi connectivity index (χ1) is 8.13. The topological polar surface area (TPSA) is 75.4 Å². The van der Waals surface area contributed by atoms with E-state index in [-0.39, 0.29) is 18.3 Å². The molecule has 2 N–H and O–H groups in total. The number of carboxylic acid groups (broad SMARTS) is 1. The highest BCUT2D eigenvalue weighted by Crippen LogP contribution is 2.16. The molecule has 0 saturated heterocycles. The Labute approximate surface area is 95.9 Å². The van der Waals surface area contributed by atoms with E-state index in [0.717, 1.165) is 0 Å². The number of aromatic nitrogens is 1. The van der Waals surface area contributed by atoms with Crippen molar-refractivity contribution >= 4 is 17.7 Å². The molecule has 0 bridgehead atoms. The van der Waals surface area contributed by atoms with E-state index in [9.17, 15) is 9.18 Å². The first-order valence-corrected chi connectivity index (χ1v) is 4.82. The Morgan fingerprint density at radius 3 is 2.76 bits per heavy atom. The van der Waals surface area contributed by atoms with Crippen LogP contribution >= 0.6 is 0 Å². The van der Waals surface area contributed by atoms with Crippen molar-refractivity contribution in [2.75, 3.05) is 5.32 Å². The molecule has 1 aromatic heterocycles. The summed E-state index contributed by atoms with van der Waals surface area (Å²) in [5.74, 6) is -1.32. The highest BCUT2D eigenvalue weighted by Gasteiger charge is 2.07. The summed E-state index contributed by atoms with van der Waals surface area (Å²) in [6.45, 7) is 0. The average molecular weight is 236 g/mol. The number of aliphatic carboxylic acids is 1. The van der Waals surface area contributed by atoms with Crippen LogP contribution in [-0.2, 0) is 11.2 Å². The first-order valence-electron chi connectivity index (χ1n) is 4.82. The number of halogens is 1. The minimum atomic E-state index is -0.980. The smallest absolute Gasteiger partial charge is 0.309 e. The van der Waals surface area contributed by atoms with Crippen LogP contribution in [0.3, 0.4) is 0 Å². The van der Waals surface area contributed by atoms with Gasteiger partial charge in [0.1, 0.15) is 12.1 Å². The molecule has 6 heteroatoms. The molecule has 0 unspecified atom stereocenters. The van der Waals surface area contributed by atoms with Crippen LogP contribution < -0.4 is 5.32 Å². The zero-order chi connectivity index (χ0) is 12.3. The number of nitrogens with one attached hydrogen (secondary N) is 1. The SMILES string of the molecule is O=C(O)Cc1coc(Nc2ccc(F)cc2)n1. The lowest BCUT2D eigenvalue weighted by Crippen LogP contribution is -2.00. The molecule has 0 radical (unpaired) electrons. The monoisotopic (exact) mass is 236 g/mol. The Kier molecular flexibility index (Phi) is 3.04. The molecule has 0 atom stereocenters. The molecular formula is C11H9FN2O3. The predicted molar refractivity (Wildman–Crippen MR) is 57.5 cm³/mol. The Morgan fingerprint density at radius 1 is 1.41 bits per heavy atom. The third-order valence-electron chi connectivity index (χ3n) is 1.98. The molecule has 5 nitrogen and oxygen atoms in total. The standard InChI is InChI=1S/C11H9FN2O3/c12-7-1-3-8(4-2-7)13-11-14-9(6-17-11)5-10(15)16/h1-4,6H,5H2,(H,13,14)(H,15,16). The van der Waals surface area contributed by atoms with Gasteiger partial charge in [0.2, 0.25) is 0 Å². The van der Waals surface area contributed by atoms with Crippen LogP contribution in [0.1, 0.15) is 5.69 Å². The van der Waals surface area contributed by atoms with Crippen molar-refractivity contribution < 1.29 is 18.7 Å². The summed E-state index contributed by atoms with van der Waals surface area (Å²) < 4.78 is 17.7. The van der Waals surface area contributed by atoms with Gasteiger partial charge in [0, 0.05) is 5.69 Å². The maximum Gasteiger partial charge on any atom is 0.309 e. The summed E-state index contributed by atoms with van der Waals surface area (Å²) in [6.07, 6.45) is 1.06. The maximum atomic E-state index is 12.6. The van der Waals surface area contributed by atoms with E-state index >= 15 is 0 Å². The largest absolute Gasteiger partial charge is 0.481 e. The summed E-state index contributed by atoms with van der Waals surface area (Å²) in [7, 11) is 0. The van der Waals surface area contributed by atoms with E-state index in [1.165, 1.54) is 30.5 Å². The van der Waals surface area contributed by atoms with E-state index in [1.807, 2.05) is 0 Å². The fraction of sp³-hybridized carbons (Fsp3) is 0.0909. The van der Waals surface area contributed by atoms with Crippen LogP contribution in [0, 0.1) is 5.82 Å². The second-order valence-electron chi connectivity index (χ2n) is 3.35. The minimum absolute atomic E-state index is 0.174. The number of carboxylic acids is 1. The fourth-order valence-corrected chi connectivity index (χ4v) is 1.26. The summed E-state index contributed by atoms with van der Waals surface area (Å²) in [4.78, 5) is 14.3. The second kappa shape index (κ2) is 4.65. The highest BCUT2D eigenvalue weighted by atomic mass is 19.1. The number of hydrogen-bond acceptors (Lipinski definition) is 4. The number of hydrogen-bond donors (Lipinski definition) is 2. The number of rotatable bonds is 4.